The average molecular weight is 870 g/mol. The van der Waals surface area contributed by atoms with Crippen LogP contribution in [-0.2, 0) is 6.42 Å². The molecule has 0 aromatic heterocycles. The molecule has 334 valence electrons. The van der Waals surface area contributed by atoms with E-state index in [1.165, 1.54) is 22.4 Å². The van der Waals surface area contributed by atoms with Gasteiger partial charge in [-0.3, -0.25) is 4.79 Å². The highest BCUT2D eigenvalue weighted by Crippen LogP contribution is 2.38. The number of carbonyl (C=O) groups excluding carboxylic acids is 2. The lowest BCUT2D eigenvalue weighted by molar-refractivity contribution is 0.0718. The van der Waals surface area contributed by atoms with E-state index in [9.17, 15) is 14.7 Å². The highest BCUT2D eigenvalue weighted by Gasteiger charge is 2.52. The number of amides is 3. The standard InChI is InChI=1S/C52H67N5O5Si/c1-5-6-7-14-34-54-51(60)56-43-25-21-41(22-26-43)50(59)57-36-32-44(33-37-57)55-42-23-19-40(20-24-42)31-35-53-38-45(58)39-61-46-27-29-47(30-28-46)62-63(52(2,3)4,48-15-10-8-11-16-48)49-17-12-9-13-18-49/h8-13,15-30,44-45,53,55,58H,5-7,14,31-39H2,1-4H3,(H2,54,56,60)/t45-/m0/s1. The number of urea groups is 1. The first kappa shape index (κ1) is 46.9. The molecule has 0 unspecified atom stereocenters. The van der Waals surface area contributed by atoms with Crippen LogP contribution in [0.2, 0.25) is 5.04 Å². The van der Waals surface area contributed by atoms with Gasteiger partial charge in [-0.15, -0.1) is 0 Å². The van der Waals surface area contributed by atoms with Crippen LogP contribution in [0.25, 0.3) is 0 Å². The number of carbonyl (C=O) groups is 2. The van der Waals surface area contributed by atoms with E-state index in [4.69, 9.17) is 9.16 Å². The smallest absolute Gasteiger partial charge is 0.319 e. The lowest BCUT2D eigenvalue weighted by Gasteiger charge is -2.43. The predicted octanol–water partition coefficient (Wildman–Crippen LogP) is 8.62. The Morgan fingerprint density at radius 2 is 1.35 bits per heavy atom. The van der Waals surface area contributed by atoms with Crippen molar-refractivity contribution in [3.63, 3.8) is 0 Å². The van der Waals surface area contributed by atoms with Crippen molar-refractivity contribution in [2.24, 2.45) is 0 Å². The number of likely N-dealkylation sites (tertiary alicyclic amines) is 1. The zero-order valence-electron chi connectivity index (χ0n) is 37.6. The molecule has 1 aliphatic heterocycles. The largest absolute Gasteiger partial charge is 0.534 e. The maximum Gasteiger partial charge on any atom is 0.319 e. The Labute approximate surface area is 375 Å². The van der Waals surface area contributed by atoms with Gasteiger partial charge in [-0.25, -0.2) is 4.79 Å². The van der Waals surface area contributed by atoms with Crippen LogP contribution in [-0.4, -0.2) is 81.7 Å². The van der Waals surface area contributed by atoms with Gasteiger partial charge in [-0.05, 0) is 114 Å². The number of nitrogens with one attached hydrogen (secondary N) is 4. The minimum absolute atomic E-state index is 0.0157. The summed E-state index contributed by atoms with van der Waals surface area (Å²) in [6.45, 7) is 12.3. The number of hydrogen-bond donors (Lipinski definition) is 5. The summed E-state index contributed by atoms with van der Waals surface area (Å²) < 4.78 is 13.1. The summed E-state index contributed by atoms with van der Waals surface area (Å²) in [6, 6.07) is 44.7. The number of anilines is 2. The fourth-order valence-electron chi connectivity index (χ4n) is 8.22. The summed E-state index contributed by atoms with van der Waals surface area (Å²) in [5, 5.41) is 25.7. The average Bonchev–Trinajstić information content (AvgIpc) is 3.30. The van der Waals surface area contributed by atoms with E-state index in [1.54, 1.807) is 24.3 Å². The summed E-state index contributed by atoms with van der Waals surface area (Å²) in [4.78, 5) is 27.3. The molecule has 5 N–H and O–H groups in total. The summed E-state index contributed by atoms with van der Waals surface area (Å²) in [6.07, 6.45) is 6.34. The third kappa shape index (κ3) is 13.4. The molecule has 0 bridgehead atoms. The van der Waals surface area contributed by atoms with Gasteiger partial charge in [0.25, 0.3) is 5.91 Å². The topological polar surface area (TPSA) is 124 Å². The molecule has 3 amide bonds. The molecule has 10 nitrogen and oxygen atoms in total. The second-order valence-electron chi connectivity index (χ2n) is 17.6. The van der Waals surface area contributed by atoms with Crippen molar-refractivity contribution in [1.82, 2.24) is 15.5 Å². The Hall–Kier alpha value is -5.62. The Balaban J connectivity index is 0.871. The fraction of sp³-hybridized carbons (Fsp3) is 0.385. The SMILES string of the molecule is CCCCCCNC(=O)Nc1ccc(C(=O)N2CCC(Nc3ccc(CCNC[C@H](O)COc4ccc(O[Si](c5ccccc5)(c5ccccc5)C(C)(C)C)cc4)cc3)CC2)cc1. The molecule has 6 rings (SSSR count). The number of aliphatic hydroxyl groups is 1. The molecule has 5 aromatic rings. The van der Waals surface area contributed by atoms with Crippen molar-refractivity contribution >= 4 is 42.0 Å². The molecule has 11 heteroatoms. The molecule has 0 saturated carbocycles. The van der Waals surface area contributed by atoms with Gasteiger partial charge in [0.2, 0.25) is 0 Å². The van der Waals surface area contributed by atoms with Crippen molar-refractivity contribution in [2.45, 2.75) is 89.8 Å². The molecule has 1 saturated heterocycles. The number of ether oxygens (including phenoxy) is 1. The van der Waals surface area contributed by atoms with Gasteiger partial charge in [-0.1, -0.05) is 120 Å². The quantitative estimate of drug-likeness (QED) is 0.0370. The number of hydrogen-bond acceptors (Lipinski definition) is 7. The maximum absolute atomic E-state index is 13.2. The first-order valence-electron chi connectivity index (χ1n) is 22.8. The Morgan fingerprint density at radius 3 is 1.95 bits per heavy atom. The lowest BCUT2D eigenvalue weighted by Crippen LogP contribution is -2.68. The van der Waals surface area contributed by atoms with E-state index < -0.39 is 14.4 Å². The van der Waals surface area contributed by atoms with E-state index in [0.717, 1.165) is 56.5 Å². The van der Waals surface area contributed by atoms with Crippen LogP contribution in [0, 0.1) is 0 Å². The van der Waals surface area contributed by atoms with Gasteiger partial charge < -0.3 is 40.4 Å². The van der Waals surface area contributed by atoms with Crippen LogP contribution >= 0.6 is 0 Å². The maximum atomic E-state index is 13.2. The van der Waals surface area contributed by atoms with Crippen molar-refractivity contribution < 1.29 is 23.9 Å². The van der Waals surface area contributed by atoms with Crippen LogP contribution in [0.5, 0.6) is 11.5 Å². The highest BCUT2D eigenvalue weighted by molar-refractivity contribution is 7.00. The Bertz CT molecular complexity index is 2080. The van der Waals surface area contributed by atoms with Crippen LogP contribution < -0.4 is 40.8 Å². The van der Waals surface area contributed by atoms with Crippen molar-refractivity contribution in [3.8, 4) is 11.5 Å². The minimum Gasteiger partial charge on any atom is -0.534 e. The van der Waals surface area contributed by atoms with E-state index >= 15 is 0 Å². The van der Waals surface area contributed by atoms with Gasteiger partial charge in [-0.2, -0.15) is 0 Å². The van der Waals surface area contributed by atoms with Crippen LogP contribution in [0.1, 0.15) is 82.1 Å². The molecule has 5 aromatic carbocycles. The van der Waals surface area contributed by atoms with Crippen molar-refractivity contribution in [2.75, 3.05) is 50.0 Å². The first-order valence-corrected chi connectivity index (χ1v) is 24.7. The van der Waals surface area contributed by atoms with Gasteiger partial charge >= 0.3 is 14.3 Å². The van der Waals surface area contributed by atoms with Crippen molar-refractivity contribution in [3.05, 3.63) is 145 Å². The molecule has 1 aliphatic rings. The third-order valence-electron chi connectivity index (χ3n) is 11.7. The molecule has 0 radical (unpaired) electrons. The molecule has 1 fully saturated rings. The molecular weight excluding hydrogens is 803 g/mol. The molecular formula is C52H67N5O5Si. The number of aliphatic hydroxyl groups excluding tert-OH is 1. The molecule has 63 heavy (non-hydrogen) atoms. The molecule has 1 atom stereocenters. The third-order valence-corrected chi connectivity index (χ3v) is 16.7. The highest BCUT2D eigenvalue weighted by atomic mass is 28.4. The second-order valence-corrected chi connectivity index (χ2v) is 21.8. The van der Waals surface area contributed by atoms with Crippen LogP contribution in [0.4, 0.5) is 16.2 Å². The van der Waals surface area contributed by atoms with Gasteiger partial charge in [0.05, 0.1) is 0 Å². The minimum atomic E-state index is -2.73. The number of unbranched alkanes of at least 4 members (excludes halogenated alkanes) is 3. The molecule has 1 heterocycles. The lowest BCUT2D eigenvalue weighted by atomic mass is 10.0. The number of rotatable bonds is 21. The number of piperidine rings is 1. The first-order chi connectivity index (χ1) is 30.5. The van der Waals surface area contributed by atoms with E-state index in [0.29, 0.717) is 43.2 Å². The monoisotopic (exact) mass is 869 g/mol. The number of benzene rings is 5. The molecule has 0 spiro atoms. The van der Waals surface area contributed by atoms with E-state index in [1.807, 2.05) is 41.3 Å². The van der Waals surface area contributed by atoms with E-state index in [-0.39, 0.29) is 29.6 Å². The number of nitrogens with zero attached hydrogens (tertiary/aromatic N) is 1. The summed E-state index contributed by atoms with van der Waals surface area (Å²) in [5.74, 6) is 1.49. The second kappa shape index (κ2) is 23.2. The molecule has 0 aliphatic carbocycles. The van der Waals surface area contributed by atoms with Crippen LogP contribution in [0.3, 0.4) is 0 Å². The van der Waals surface area contributed by atoms with Gasteiger partial charge in [0, 0.05) is 49.2 Å². The van der Waals surface area contributed by atoms with Gasteiger partial charge in [0.15, 0.2) is 0 Å². The Morgan fingerprint density at radius 1 is 0.746 bits per heavy atom. The predicted molar refractivity (Wildman–Crippen MR) is 259 cm³/mol. The van der Waals surface area contributed by atoms with Crippen LogP contribution in [0.15, 0.2) is 133 Å². The van der Waals surface area contributed by atoms with Gasteiger partial charge in [0.1, 0.15) is 24.2 Å². The summed E-state index contributed by atoms with van der Waals surface area (Å²) in [5.41, 5.74) is 3.57. The summed E-state index contributed by atoms with van der Waals surface area (Å²) in [7, 11) is -2.73. The van der Waals surface area contributed by atoms with E-state index in [2.05, 4.69) is 122 Å². The fourth-order valence-corrected chi connectivity index (χ4v) is 12.6. The Kier molecular flexibility index (Phi) is 17.2. The summed E-state index contributed by atoms with van der Waals surface area (Å²) >= 11 is 0. The van der Waals surface area contributed by atoms with Crippen molar-refractivity contribution in [1.29, 1.82) is 0 Å². The normalized spacial score (nSPS) is 13.8. The zero-order chi connectivity index (χ0) is 44.5. The zero-order valence-corrected chi connectivity index (χ0v) is 38.6.